The van der Waals surface area contributed by atoms with Crippen molar-refractivity contribution in [2.45, 2.75) is 46.5 Å². The van der Waals surface area contributed by atoms with Crippen LogP contribution in [0.15, 0.2) is 45.0 Å². The summed E-state index contributed by atoms with van der Waals surface area (Å²) in [6, 6.07) is 7.82. The number of Topliss-reactive ketones (excluding diaryl/α,β-unsaturated/α-hetero) is 1. The molecule has 1 heterocycles. The lowest BCUT2D eigenvalue weighted by Crippen LogP contribution is -2.39. The van der Waals surface area contributed by atoms with Crippen LogP contribution in [0.4, 0.5) is 0 Å². The summed E-state index contributed by atoms with van der Waals surface area (Å²) >= 11 is 3.51. The van der Waals surface area contributed by atoms with Crippen molar-refractivity contribution in [3.05, 3.63) is 45.6 Å². The summed E-state index contributed by atoms with van der Waals surface area (Å²) in [6.45, 7) is 8.14. The minimum absolute atomic E-state index is 0.0896. The number of carbonyl (C=O) groups excluding carboxylic acids is 2. The van der Waals surface area contributed by atoms with Gasteiger partial charge in [0.25, 0.3) is 0 Å². The summed E-state index contributed by atoms with van der Waals surface area (Å²) in [4.78, 5) is 30.5. The topological polar surface area (TPSA) is 55.7 Å². The summed E-state index contributed by atoms with van der Waals surface area (Å²) in [7, 11) is 0. The van der Waals surface area contributed by atoms with Gasteiger partial charge in [0.1, 0.15) is 5.92 Å². The lowest BCUT2D eigenvalue weighted by molar-refractivity contribution is -0.146. The summed E-state index contributed by atoms with van der Waals surface area (Å²) in [6.07, 6.45) is 1.21. The van der Waals surface area contributed by atoms with Gasteiger partial charge in [-0.15, -0.1) is 0 Å². The van der Waals surface area contributed by atoms with Gasteiger partial charge in [-0.1, -0.05) is 41.9 Å². The average molecular weight is 418 g/mol. The van der Waals surface area contributed by atoms with Crippen LogP contribution in [0.2, 0.25) is 0 Å². The van der Waals surface area contributed by atoms with Crippen LogP contribution in [-0.4, -0.2) is 24.1 Å². The van der Waals surface area contributed by atoms with Gasteiger partial charge in [-0.2, -0.15) is 0 Å². The van der Waals surface area contributed by atoms with E-state index in [2.05, 4.69) is 29.8 Å². The van der Waals surface area contributed by atoms with Crippen LogP contribution in [0.1, 0.15) is 52.0 Å². The number of benzene rings is 1. The molecule has 4 nitrogen and oxygen atoms in total. The lowest BCUT2D eigenvalue weighted by Gasteiger charge is -2.39. The van der Waals surface area contributed by atoms with Gasteiger partial charge in [-0.25, -0.2) is 0 Å². The quantitative estimate of drug-likeness (QED) is 0.661. The second-order valence-corrected chi connectivity index (χ2v) is 8.73. The predicted molar refractivity (Wildman–Crippen MR) is 105 cm³/mol. The van der Waals surface area contributed by atoms with E-state index in [1.54, 1.807) is 6.92 Å². The van der Waals surface area contributed by atoms with Gasteiger partial charge >= 0.3 is 5.97 Å². The molecule has 0 amide bonds. The largest absolute Gasteiger partial charge is 0.465 e. The number of aliphatic imine (C=N–C) groups is 1. The highest BCUT2D eigenvalue weighted by atomic mass is 79.9. The Morgan fingerprint density at radius 2 is 2.08 bits per heavy atom. The second kappa shape index (κ2) is 7.10. The minimum atomic E-state index is -0.562. The number of hydrogen-bond donors (Lipinski definition) is 0. The molecule has 0 saturated heterocycles. The molecule has 0 radical (unpaired) electrons. The minimum Gasteiger partial charge on any atom is -0.465 e. The number of nitrogens with zero attached hydrogens (tertiary/aromatic N) is 1. The van der Waals surface area contributed by atoms with Crippen LogP contribution in [-0.2, 0) is 14.3 Å². The average Bonchev–Trinajstić information content (AvgIpc) is 2.52. The van der Waals surface area contributed by atoms with E-state index in [0.29, 0.717) is 18.6 Å². The van der Waals surface area contributed by atoms with Crippen molar-refractivity contribution in [2.75, 3.05) is 6.61 Å². The summed E-state index contributed by atoms with van der Waals surface area (Å²) in [5.41, 5.74) is 3.06. The SMILES string of the molecule is CCOC(=O)C1C(C)=NC2=C(C(=O)CC(C)(C)C2)[C@H]1c1cccc(Br)c1. The predicted octanol–water partition coefficient (Wildman–Crippen LogP) is 4.83. The number of ether oxygens (including phenoxy) is 1. The maximum absolute atomic E-state index is 13.1. The third-order valence-corrected chi connectivity index (χ3v) is 5.54. The van der Waals surface area contributed by atoms with Crippen LogP contribution < -0.4 is 0 Å². The molecule has 0 saturated carbocycles. The molecule has 0 N–H and O–H groups in total. The Hall–Kier alpha value is -1.75. The van der Waals surface area contributed by atoms with Crippen molar-refractivity contribution in [3.63, 3.8) is 0 Å². The maximum Gasteiger partial charge on any atom is 0.315 e. The molecule has 1 aromatic carbocycles. The van der Waals surface area contributed by atoms with Crippen LogP contribution in [0, 0.1) is 11.3 Å². The first-order valence-electron chi connectivity index (χ1n) is 8.97. The molecule has 138 valence electrons. The Balaban J connectivity index is 2.18. The number of halogens is 1. The van der Waals surface area contributed by atoms with Gasteiger partial charge in [0.05, 0.1) is 6.61 Å². The molecule has 0 bridgehead atoms. The van der Waals surface area contributed by atoms with Gasteiger partial charge in [0, 0.05) is 33.8 Å². The first kappa shape index (κ1) is 19.0. The Labute approximate surface area is 162 Å². The van der Waals surface area contributed by atoms with Crippen molar-refractivity contribution in [1.29, 1.82) is 0 Å². The molecule has 1 aliphatic heterocycles. The van der Waals surface area contributed by atoms with Crippen molar-refractivity contribution in [2.24, 2.45) is 16.3 Å². The molecule has 0 fully saturated rings. The highest BCUT2D eigenvalue weighted by Crippen LogP contribution is 2.48. The van der Waals surface area contributed by atoms with Gasteiger partial charge in [0.2, 0.25) is 0 Å². The third kappa shape index (κ3) is 3.54. The first-order valence-corrected chi connectivity index (χ1v) is 9.76. The highest BCUT2D eigenvalue weighted by molar-refractivity contribution is 9.10. The van der Waals surface area contributed by atoms with E-state index in [9.17, 15) is 9.59 Å². The molecule has 26 heavy (non-hydrogen) atoms. The van der Waals surface area contributed by atoms with Gasteiger partial charge in [-0.3, -0.25) is 14.6 Å². The van der Waals surface area contributed by atoms with Gasteiger partial charge in [-0.05, 0) is 43.4 Å². The fraction of sp³-hybridized carbons (Fsp3) is 0.476. The molecule has 2 aliphatic rings. The lowest BCUT2D eigenvalue weighted by atomic mass is 9.67. The van der Waals surface area contributed by atoms with Crippen LogP contribution in [0.5, 0.6) is 0 Å². The normalized spacial score (nSPS) is 24.8. The van der Waals surface area contributed by atoms with Crippen LogP contribution >= 0.6 is 15.9 Å². The fourth-order valence-electron chi connectivity index (χ4n) is 4.04. The standard InChI is InChI=1S/C21H24BrNO3/c1-5-26-20(25)17-12(2)23-15-10-21(3,4)11-16(24)19(15)18(17)13-7-6-8-14(22)9-13/h6-9,17-18H,5,10-11H2,1-4H3/t17?,18-/m0/s1. The fourth-order valence-corrected chi connectivity index (χ4v) is 4.46. The molecule has 0 spiro atoms. The van der Waals surface area contributed by atoms with Crippen LogP contribution in [0.3, 0.4) is 0 Å². The van der Waals surface area contributed by atoms with E-state index in [4.69, 9.17) is 9.73 Å². The number of ketones is 1. The Bertz CT molecular complexity index is 822. The molecule has 1 aromatic rings. The number of esters is 1. The Morgan fingerprint density at radius 3 is 2.73 bits per heavy atom. The number of carbonyl (C=O) groups is 2. The summed E-state index contributed by atoms with van der Waals surface area (Å²) < 4.78 is 6.24. The van der Waals surface area contributed by atoms with E-state index >= 15 is 0 Å². The Kier molecular flexibility index (Phi) is 5.20. The molecule has 5 heteroatoms. The zero-order valence-electron chi connectivity index (χ0n) is 15.6. The molecule has 1 unspecified atom stereocenters. The van der Waals surface area contributed by atoms with Gasteiger partial charge in [0.15, 0.2) is 5.78 Å². The van der Waals surface area contributed by atoms with Crippen LogP contribution in [0.25, 0.3) is 0 Å². The van der Waals surface area contributed by atoms with Crippen molar-refractivity contribution in [3.8, 4) is 0 Å². The van der Waals surface area contributed by atoms with Gasteiger partial charge < -0.3 is 4.74 Å². The van der Waals surface area contributed by atoms with Crippen molar-refractivity contribution in [1.82, 2.24) is 0 Å². The van der Waals surface area contributed by atoms with E-state index in [0.717, 1.165) is 27.9 Å². The van der Waals surface area contributed by atoms with E-state index in [1.165, 1.54) is 0 Å². The molecule has 3 rings (SSSR count). The maximum atomic E-state index is 13.1. The van der Waals surface area contributed by atoms with E-state index < -0.39 is 5.92 Å². The van der Waals surface area contributed by atoms with Crippen molar-refractivity contribution < 1.29 is 14.3 Å². The molecule has 1 aliphatic carbocycles. The zero-order chi connectivity index (χ0) is 19.1. The monoisotopic (exact) mass is 417 g/mol. The van der Waals surface area contributed by atoms with E-state index in [1.807, 2.05) is 31.2 Å². The first-order chi connectivity index (χ1) is 12.2. The number of hydrogen-bond acceptors (Lipinski definition) is 4. The third-order valence-electron chi connectivity index (χ3n) is 5.05. The highest BCUT2D eigenvalue weighted by Gasteiger charge is 2.45. The summed E-state index contributed by atoms with van der Waals surface area (Å²) in [5, 5.41) is 0. The van der Waals surface area contributed by atoms with Crippen molar-refractivity contribution >= 4 is 33.4 Å². The number of allylic oxidation sites excluding steroid dienone is 2. The number of rotatable bonds is 3. The molecule has 0 aromatic heterocycles. The zero-order valence-corrected chi connectivity index (χ0v) is 17.2. The smallest absolute Gasteiger partial charge is 0.315 e. The Morgan fingerprint density at radius 1 is 1.35 bits per heavy atom. The second-order valence-electron chi connectivity index (χ2n) is 7.82. The molecule has 2 atom stereocenters. The molecular formula is C21H24BrNO3. The van der Waals surface area contributed by atoms with E-state index in [-0.39, 0.29) is 23.1 Å². The summed E-state index contributed by atoms with van der Waals surface area (Å²) in [5.74, 6) is -1.13. The molecular weight excluding hydrogens is 394 g/mol.